The van der Waals surface area contributed by atoms with Crippen LogP contribution >= 0.6 is 11.8 Å². The molecule has 2 unspecified atom stereocenters. The Balaban J connectivity index is 2.19. The van der Waals surface area contributed by atoms with Crippen molar-refractivity contribution in [2.45, 2.75) is 25.2 Å². The Hall–Kier alpha value is -0.870. The van der Waals surface area contributed by atoms with E-state index in [1.807, 2.05) is 23.9 Å². The number of anilines is 1. The highest BCUT2D eigenvalue weighted by molar-refractivity contribution is 8.00. The van der Waals surface area contributed by atoms with E-state index in [-0.39, 0.29) is 5.75 Å². The number of phenolic OH excluding ortho intramolecular Hbond substituents is 1. The van der Waals surface area contributed by atoms with Gasteiger partial charge in [-0.25, -0.2) is 0 Å². The molecule has 1 aromatic rings. The van der Waals surface area contributed by atoms with Gasteiger partial charge in [0.1, 0.15) is 5.75 Å². The lowest BCUT2D eigenvalue weighted by atomic mass is 10.1. The molecular formula is C13H19NO2S. The van der Waals surface area contributed by atoms with E-state index in [1.165, 1.54) is 0 Å². The zero-order chi connectivity index (χ0) is 12.4. The van der Waals surface area contributed by atoms with Gasteiger partial charge in [-0.15, -0.1) is 0 Å². The molecule has 0 aliphatic carbocycles. The smallest absolute Gasteiger partial charge is 0.123 e. The largest absolute Gasteiger partial charge is 0.507 e. The van der Waals surface area contributed by atoms with Crippen molar-refractivity contribution in [3.8, 4) is 5.75 Å². The standard InChI is InChI=1S/C13H19NO2S/c1-9-8-14(5-6-17-9)11-3-4-12(10(2)15)13(16)7-11/h3-4,7,9-10,15-16H,5-6,8H2,1-2H3. The summed E-state index contributed by atoms with van der Waals surface area (Å²) in [7, 11) is 0. The minimum absolute atomic E-state index is 0.184. The molecule has 0 saturated carbocycles. The topological polar surface area (TPSA) is 43.7 Å². The van der Waals surface area contributed by atoms with Crippen molar-refractivity contribution < 1.29 is 10.2 Å². The van der Waals surface area contributed by atoms with Crippen molar-refractivity contribution >= 4 is 17.4 Å². The molecule has 1 heterocycles. The average molecular weight is 253 g/mol. The van der Waals surface area contributed by atoms with E-state index in [0.717, 1.165) is 24.5 Å². The zero-order valence-electron chi connectivity index (χ0n) is 10.3. The van der Waals surface area contributed by atoms with Gasteiger partial charge in [-0.3, -0.25) is 0 Å². The highest BCUT2D eigenvalue weighted by atomic mass is 32.2. The van der Waals surface area contributed by atoms with Gasteiger partial charge < -0.3 is 15.1 Å². The molecule has 0 radical (unpaired) electrons. The minimum atomic E-state index is -0.625. The van der Waals surface area contributed by atoms with Gasteiger partial charge in [0, 0.05) is 41.4 Å². The highest BCUT2D eigenvalue weighted by Crippen LogP contribution is 2.31. The predicted octanol–water partition coefficient (Wildman–Crippen LogP) is 2.39. The molecule has 1 saturated heterocycles. The predicted molar refractivity (Wildman–Crippen MR) is 72.9 cm³/mol. The number of rotatable bonds is 2. The quantitative estimate of drug-likeness (QED) is 0.849. The summed E-state index contributed by atoms with van der Waals surface area (Å²) in [5.41, 5.74) is 1.63. The Labute approximate surface area is 106 Å². The molecule has 1 aromatic carbocycles. The van der Waals surface area contributed by atoms with Crippen molar-refractivity contribution in [1.82, 2.24) is 0 Å². The highest BCUT2D eigenvalue weighted by Gasteiger charge is 2.18. The first-order valence-corrected chi connectivity index (χ1v) is 7.00. The summed E-state index contributed by atoms with van der Waals surface area (Å²) in [5, 5.41) is 20.0. The van der Waals surface area contributed by atoms with Crippen LogP contribution in [0.15, 0.2) is 18.2 Å². The van der Waals surface area contributed by atoms with Gasteiger partial charge in [-0.1, -0.05) is 13.0 Å². The maximum Gasteiger partial charge on any atom is 0.123 e. The molecule has 94 valence electrons. The number of nitrogens with zero attached hydrogens (tertiary/aromatic N) is 1. The summed E-state index contributed by atoms with van der Waals surface area (Å²) in [6.45, 7) is 5.91. The lowest BCUT2D eigenvalue weighted by Gasteiger charge is -2.32. The van der Waals surface area contributed by atoms with Crippen molar-refractivity contribution in [3.05, 3.63) is 23.8 Å². The third-order valence-corrected chi connectivity index (χ3v) is 4.21. The molecule has 1 aliphatic heterocycles. The fourth-order valence-corrected chi connectivity index (χ4v) is 3.15. The second-order valence-corrected chi connectivity index (χ2v) is 6.09. The number of benzene rings is 1. The van der Waals surface area contributed by atoms with Crippen LogP contribution in [0.5, 0.6) is 5.75 Å². The monoisotopic (exact) mass is 253 g/mol. The Morgan fingerprint density at radius 3 is 2.82 bits per heavy atom. The van der Waals surface area contributed by atoms with Crippen LogP contribution in [0.2, 0.25) is 0 Å². The van der Waals surface area contributed by atoms with E-state index in [9.17, 15) is 10.2 Å². The van der Waals surface area contributed by atoms with Crippen molar-refractivity contribution in [3.63, 3.8) is 0 Å². The Morgan fingerprint density at radius 1 is 1.47 bits per heavy atom. The Morgan fingerprint density at radius 2 is 2.24 bits per heavy atom. The van der Waals surface area contributed by atoms with Gasteiger partial charge in [0.2, 0.25) is 0 Å². The van der Waals surface area contributed by atoms with E-state index >= 15 is 0 Å². The summed E-state index contributed by atoms with van der Waals surface area (Å²) in [5.74, 6) is 1.31. The van der Waals surface area contributed by atoms with Crippen LogP contribution in [-0.4, -0.2) is 34.3 Å². The molecular weight excluding hydrogens is 234 g/mol. The molecule has 0 bridgehead atoms. The molecule has 4 heteroatoms. The molecule has 3 nitrogen and oxygen atoms in total. The maximum absolute atomic E-state index is 9.87. The fraction of sp³-hybridized carbons (Fsp3) is 0.538. The molecule has 2 rings (SSSR count). The summed E-state index contributed by atoms with van der Waals surface area (Å²) < 4.78 is 0. The van der Waals surface area contributed by atoms with Gasteiger partial charge in [0.25, 0.3) is 0 Å². The molecule has 2 N–H and O–H groups in total. The van der Waals surface area contributed by atoms with Crippen LogP contribution in [0.1, 0.15) is 25.5 Å². The van der Waals surface area contributed by atoms with E-state index in [0.29, 0.717) is 10.8 Å². The van der Waals surface area contributed by atoms with Crippen molar-refractivity contribution in [2.24, 2.45) is 0 Å². The van der Waals surface area contributed by atoms with Crippen LogP contribution in [-0.2, 0) is 0 Å². The van der Waals surface area contributed by atoms with Gasteiger partial charge in [-0.2, -0.15) is 11.8 Å². The molecule has 1 fully saturated rings. The van der Waals surface area contributed by atoms with Crippen LogP contribution in [0.3, 0.4) is 0 Å². The number of hydrogen-bond acceptors (Lipinski definition) is 4. The summed E-state index contributed by atoms with van der Waals surface area (Å²) >= 11 is 1.98. The second-order valence-electron chi connectivity index (χ2n) is 4.55. The first-order valence-electron chi connectivity index (χ1n) is 5.95. The number of phenols is 1. The van der Waals surface area contributed by atoms with Gasteiger partial charge in [0.15, 0.2) is 0 Å². The molecule has 0 aromatic heterocycles. The zero-order valence-corrected chi connectivity index (χ0v) is 11.1. The number of hydrogen-bond donors (Lipinski definition) is 2. The molecule has 17 heavy (non-hydrogen) atoms. The number of aromatic hydroxyl groups is 1. The van der Waals surface area contributed by atoms with E-state index < -0.39 is 6.10 Å². The van der Waals surface area contributed by atoms with Gasteiger partial charge in [0.05, 0.1) is 6.10 Å². The van der Waals surface area contributed by atoms with Crippen molar-refractivity contribution in [1.29, 1.82) is 0 Å². The Kier molecular flexibility index (Phi) is 3.84. The van der Waals surface area contributed by atoms with Crippen LogP contribution < -0.4 is 4.90 Å². The third-order valence-electron chi connectivity index (χ3n) is 3.07. The Bertz CT molecular complexity index is 395. The maximum atomic E-state index is 9.87. The minimum Gasteiger partial charge on any atom is -0.507 e. The summed E-state index contributed by atoms with van der Waals surface area (Å²) in [4.78, 5) is 2.28. The number of aliphatic hydroxyl groups excluding tert-OH is 1. The normalized spacial score (nSPS) is 22.5. The first-order chi connectivity index (χ1) is 8.08. The lowest BCUT2D eigenvalue weighted by Crippen LogP contribution is -2.36. The van der Waals surface area contributed by atoms with Crippen molar-refractivity contribution in [2.75, 3.05) is 23.7 Å². The number of thioether (sulfide) groups is 1. The van der Waals surface area contributed by atoms with Crippen LogP contribution in [0.4, 0.5) is 5.69 Å². The SMILES string of the molecule is CC1CN(c2ccc(C(C)O)c(O)c2)CCS1. The first kappa shape index (κ1) is 12.6. The van der Waals surface area contributed by atoms with Gasteiger partial charge in [-0.05, 0) is 13.0 Å². The molecule has 0 spiro atoms. The van der Waals surface area contributed by atoms with Crippen LogP contribution in [0.25, 0.3) is 0 Å². The fourth-order valence-electron chi connectivity index (χ4n) is 2.13. The average Bonchev–Trinajstić information content (AvgIpc) is 2.28. The van der Waals surface area contributed by atoms with E-state index in [2.05, 4.69) is 11.8 Å². The summed E-state index contributed by atoms with van der Waals surface area (Å²) in [6.07, 6.45) is -0.625. The van der Waals surface area contributed by atoms with Crippen LogP contribution in [0, 0.1) is 0 Å². The van der Waals surface area contributed by atoms with Gasteiger partial charge >= 0.3 is 0 Å². The second kappa shape index (κ2) is 5.19. The lowest BCUT2D eigenvalue weighted by molar-refractivity contribution is 0.195. The van der Waals surface area contributed by atoms with E-state index in [1.54, 1.807) is 13.0 Å². The molecule has 2 atom stereocenters. The summed E-state index contributed by atoms with van der Waals surface area (Å²) in [6, 6.07) is 5.54. The number of aliphatic hydroxyl groups is 1. The molecule has 0 amide bonds. The van der Waals surface area contributed by atoms with E-state index in [4.69, 9.17) is 0 Å². The molecule has 1 aliphatic rings. The third kappa shape index (κ3) is 2.87.